The van der Waals surface area contributed by atoms with Crippen molar-refractivity contribution in [1.29, 1.82) is 0 Å². The second-order valence-corrected chi connectivity index (χ2v) is 19.8. The minimum Gasteiger partial charge on any atom is -0.457 e. The van der Waals surface area contributed by atoms with Crippen molar-refractivity contribution in [3.05, 3.63) is 168 Å². The summed E-state index contributed by atoms with van der Waals surface area (Å²) in [6.07, 6.45) is -2.62. The molecule has 0 aliphatic carbocycles. The third kappa shape index (κ3) is 7.92. The molecule has 9 rings (SSSR count). The molecule has 0 atom stereocenters. The third-order valence-corrected chi connectivity index (χ3v) is 12.2. The van der Waals surface area contributed by atoms with Gasteiger partial charge in [0.25, 0.3) is 0 Å². The minimum atomic E-state index is -4.46. The van der Waals surface area contributed by atoms with Crippen LogP contribution in [0.5, 0.6) is 11.5 Å². The van der Waals surface area contributed by atoms with Gasteiger partial charge in [0.15, 0.2) is 0 Å². The lowest BCUT2D eigenvalue weighted by molar-refractivity contribution is -0.137. The van der Waals surface area contributed by atoms with Crippen LogP contribution in [-0.2, 0) is 22.4 Å². The Labute approximate surface area is 368 Å². The maximum Gasteiger partial charge on any atom is 0.416 e. The molecule has 0 unspecified atom stereocenters. The summed E-state index contributed by atoms with van der Waals surface area (Å²) in [5.41, 5.74) is 10.3. The molecule has 0 fully saturated rings. The van der Waals surface area contributed by atoms with Crippen molar-refractivity contribution in [1.82, 2.24) is 9.55 Å². The zero-order chi connectivity index (χ0) is 44.6. The molecule has 0 saturated carbocycles. The molecule has 320 valence electrons. The lowest BCUT2D eigenvalue weighted by Gasteiger charge is -2.29. The smallest absolute Gasteiger partial charge is 0.416 e. The van der Waals surface area contributed by atoms with Crippen LogP contribution in [0.4, 0.5) is 35.9 Å². The highest BCUT2D eigenvalue weighted by Crippen LogP contribution is 2.47. The number of halogens is 3. The summed E-state index contributed by atoms with van der Waals surface area (Å²) in [5, 5.41) is 1.85. The van der Waals surface area contributed by atoms with Crippen molar-refractivity contribution in [2.24, 2.45) is 0 Å². The van der Waals surface area contributed by atoms with E-state index in [9.17, 15) is 13.2 Å². The molecule has 3 heterocycles. The normalized spacial score (nSPS) is 13.6. The average Bonchev–Trinajstić information content (AvgIpc) is 3.79. The van der Waals surface area contributed by atoms with Crippen molar-refractivity contribution in [3.8, 4) is 28.4 Å². The van der Waals surface area contributed by atoms with Gasteiger partial charge in [-0.05, 0) is 117 Å². The number of ether oxygens (including phenoxy) is 1. The Morgan fingerprint density at radius 2 is 1.13 bits per heavy atom. The maximum absolute atomic E-state index is 13.8. The topological polar surface area (TPSA) is 33.5 Å². The Morgan fingerprint density at radius 1 is 0.508 bits per heavy atom. The Bertz CT molecular complexity index is 2980. The van der Waals surface area contributed by atoms with Gasteiger partial charge in [0.1, 0.15) is 24.0 Å². The number of aromatic nitrogens is 2. The third-order valence-electron chi connectivity index (χ3n) is 12.2. The first-order chi connectivity index (χ1) is 29.7. The van der Waals surface area contributed by atoms with Crippen molar-refractivity contribution in [2.75, 3.05) is 16.5 Å². The molecule has 0 bridgehead atoms. The van der Waals surface area contributed by atoms with Gasteiger partial charge in [0.2, 0.25) is 0 Å². The Balaban J connectivity index is 1.16. The molecule has 1 aliphatic heterocycles. The van der Waals surface area contributed by atoms with Crippen LogP contribution in [0.1, 0.15) is 84.6 Å². The quantitative estimate of drug-likeness (QED) is 0.167. The van der Waals surface area contributed by atoms with Gasteiger partial charge in [0.05, 0.1) is 28.0 Å². The van der Waals surface area contributed by atoms with Crippen LogP contribution in [0.15, 0.2) is 146 Å². The number of anilines is 4. The van der Waals surface area contributed by atoms with Crippen molar-refractivity contribution in [2.45, 2.75) is 84.7 Å². The first-order valence-corrected chi connectivity index (χ1v) is 21.5. The van der Waals surface area contributed by atoms with E-state index in [1.165, 1.54) is 11.1 Å². The minimum absolute atomic E-state index is 0.0304. The van der Waals surface area contributed by atoms with Crippen LogP contribution < -0.4 is 14.5 Å². The average molecular weight is 843 g/mol. The largest absolute Gasteiger partial charge is 0.457 e. The summed E-state index contributed by atoms with van der Waals surface area (Å²) in [5.74, 6) is 1.91. The monoisotopic (exact) mass is 842 g/mol. The standard InChI is InChI=1S/C55H53F3N4O/c1-52(2,3)37-25-26-59-50(30-37)62-46-18-11-10-17-44(46)51-45(35-21-23-36(24-22-35)55(56,57)58)32-43(33-49(51)62)63-42-16-14-15-40(31-42)60-34-61(48-20-13-12-19-47(48)60)41-28-38(53(4,5)6)27-39(29-41)54(7,8)9/h10-33H,34H2,1-9H3. The van der Waals surface area contributed by atoms with E-state index >= 15 is 0 Å². The van der Waals surface area contributed by atoms with Crippen LogP contribution >= 0.6 is 0 Å². The van der Waals surface area contributed by atoms with Gasteiger partial charge in [-0.1, -0.05) is 117 Å². The molecule has 8 heteroatoms. The summed E-state index contributed by atoms with van der Waals surface area (Å²) in [7, 11) is 0. The van der Waals surface area contributed by atoms with Gasteiger partial charge < -0.3 is 14.5 Å². The van der Waals surface area contributed by atoms with Gasteiger partial charge >= 0.3 is 6.18 Å². The lowest BCUT2D eigenvalue weighted by Crippen LogP contribution is -2.25. The fourth-order valence-electron chi connectivity index (χ4n) is 8.59. The molecule has 0 amide bonds. The zero-order valence-electron chi connectivity index (χ0n) is 37.4. The van der Waals surface area contributed by atoms with E-state index < -0.39 is 11.7 Å². The van der Waals surface area contributed by atoms with E-state index in [0.29, 0.717) is 23.7 Å². The molecular weight excluding hydrogens is 790 g/mol. The zero-order valence-corrected chi connectivity index (χ0v) is 37.4. The number of hydrogen-bond acceptors (Lipinski definition) is 4. The molecule has 63 heavy (non-hydrogen) atoms. The molecule has 8 aromatic rings. The maximum atomic E-state index is 13.8. The Kier molecular flexibility index (Phi) is 10.0. The molecule has 6 aromatic carbocycles. The SMILES string of the molecule is CC(C)(C)c1cc(N2CN(c3cccc(Oc4cc(-c5ccc(C(F)(F)F)cc5)c5c6ccccc6n(-c6cc(C(C)(C)C)ccn6)c5c4)c3)c3ccccc32)cc(C(C)(C)C)c1. The van der Waals surface area contributed by atoms with Crippen LogP contribution in [0.2, 0.25) is 0 Å². The molecular formula is C55H53F3N4O. The number of nitrogens with zero attached hydrogens (tertiary/aromatic N) is 4. The van der Waals surface area contributed by atoms with Crippen molar-refractivity contribution < 1.29 is 17.9 Å². The van der Waals surface area contributed by atoms with Crippen molar-refractivity contribution in [3.63, 3.8) is 0 Å². The summed E-state index contributed by atoms with van der Waals surface area (Å²) in [6.45, 7) is 20.7. The number of hydrogen-bond donors (Lipinski definition) is 0. The summed E-state index contributed by atoms with van der Waals surface area (Å²) < 4.78 is 50.4. The number of alkyl halides is 3. The van der Waals surface area contributed by atoms with E-state index in [1.807, 2.05) is 48.7 Å². The van der Waals surface area contributed by atoms with E-state index in [-0.39, 0.29) is 16.2 Å². The van der Waals surface area contributed by atoms with Crippen molar-refractivity contribution >= 4 is 44.6 Å². The molecule has 0 radical (unpaired) electrons. The first-order valence-electron chi connectivity index (χ1n) is 21.5. The summed E-state index contributed by atoms with van der Waals surface area (Å²) in [4.78, 5) is 9.57. The molecule has 5 nitrogen and oxygen atoms in total. The lowest BCUT2D eigenvalue weighted by atomic mass is 9.80. The molecule has 0 N–H and O–H groups in total. The van der Waals surface area contributed by atoms with Gasteiger partial charge in [-0.2, -0.15) is 13.2 Å². The van der Waals surface area contributed by atoms with Crippen LogP contribution in [0, 0.1) is 0 Å². The van der Waals surface area contributed by atoms with E-state index in [1.54, 1.807) is 12.1 Å². The van der Waals surface area contributed by atoms with Gasteiger partial charge in [-0.15, -0.1) is 0 Å². The van der Waals surface area contributed by atoms with Crippen LogP contribution in [0.3, 0.4) is 0 Å². The molecule has 1 aliphatic rings. The highest BCUT2D eigenvalue weighted by molar-refractivity contribution is 6.16. The molecule has 2 aromatic heterocycles. The number of fused-ring (bicyclic) bond motifs is 4. The van der Waals surface area contributed by atoms with E-state index in [4.69, 9.17) is 9.72 Å². The fraction of sp³-hybridized carbons (Fsp3) is 0.255. The Morgan fingerprint density at radius 3 is 1.76 bits per heavy atom. The van der Waals surface area contributed by atoms with E-state index in [2.05, 4.69) is 149 Å². The highest BCUT2D eigenvalue weighted by atomic mass is 19.4. The summed E-state index contributed by atoms with van der Waals surface area (Å²) >= 11 is 0. The van der Waals surface area contributed by atoms with Crippen LogP contribution in [0.25, 0.3) is 38.8 Å². The number of benzene rings is 6. The van der Waals surface area contributed by atoms with E-state index in [0.717, 1.165) is 73.6 Å². The molecule has 0 saturated heterocycles. The second-order valence-electron chi connectivity index (χ2n) is 19.8. The summed E-state index contributed by atoms with van der Waals surface area (Å²) in [6, 6.07) is 45.2. The Hall–Kier alpha value is -6.54. The predicted octanol–water partition coefficient (Wildman–Crippen LogP) is 15.8. The predicted molar refractivity (Wildman–Crippen MR) is 254 cm³/mol. The highest BCUT2D eigenvalue weighted by Gasteiger charge is 2.32. The number of para-hydroxylation sites is 3. The number of pyridine rings is 1. The van der Waals surface area contributed by atoms with Gasteiger partial charge in [-0.3, -0.25) is 4.57 Å². The number of rotatable bonds is 6. The first kappa shape index (κ1) is 41.8. The van der Waals surface area contributed by atoms with Gasteiger partial charge in [-0.25, -0.2) is 4.98 Å². The fourth-order valence-corrected chi connectivity index (χ4v) is 8.59. The second kappa shape index (κ2) is 15.1. The van der Waals surface area contributed by atoms with Gasteiger partial charge in [0, 0.05) is 40.5 Å². The molecule has 0 spiro atoms. The van der Waals surface area contributed by atoms with Crippen LogP contribution in [-0.4, -0.2) is 16.2 Å².